The van der Waals surface area contributed by atoms with E-state index in [4.69, 9.17) is 8.83 Å². The first kappa shape index (κ1) is 18.1. The van der Waals surface area contributed by atoms with Gasteiger partial charge in [0.05, 0.1) is 23.0 Å². The molecule has 3 aromatic heterocycles. The molecule has 0 unspecified atom stereocenters. The number of thiazole rings is 1. The van der Waals surface area contributed by atoms with Gasteiger partial charge < -0.3 is 14.2 Å². The van der Waals surface area contributed by atoms with Crippen LogP contribution in [0.3, 0.4) is 0 Å². The summed E-state index contributed by atoms with van der Waals surface area (Å²) in [7, 11) is 0. The molecule has 4 rings (SSSR count). The number of furan rings is 2. The summed E-state index contributed by atoms with van der Waals surface area (Å²) < 4.78 is 12.8. The smallest absolute Gasteiger partial charge is 0.262 e. The van der Waals surface area contributed by atoms with E-state index in [9.17, 15) is 10.1 Å². The van der Waals surface area contributed by atoms with Crippen molar-refractivity contribution in [2.75, 3.05) is 0 Å². The van der Waals surface area contributed by atoms with Crippen LogP contribution in [0.2, 0.25) is 0 Å². The van der Waals surface area contributed by atoms with E-state index in [1.54, 1.807) is 35.6 Å². The van der Waals surface area contributed by atoms with Crippen molar-refractivity contribution >= 4 is 45.3 Å². The molecule has 0 aliphatic heterocycles. The van der Waals surface area contributed by atoms with Gasteiger partial charge in [0.15, 0.2) is 9.43 Å². The molecular formula is C20H13N3O3S2. The molecule has 0 saturated carbocycles. The predicted octanol–water partition coefficient (Wildman–Crippen LogP) is 4.86. The number of para-hydroxylation sites is 1. The molecular weight excluding hydrogens is 394 g/mol. The molecule has 1 aromatic carbocycles. The Hall–Kier alpha value is -3.28. The molecule has 0 spiro atoms. The van der Waals surface area contributed by atoms with E-state index >= 15 is 0 Å². The minimum Gasteiger partial charge on any atom is -0.467 e. The second-order valence-corrected chi connectivity index (χ2v) is 7.92. The SMILES string of the molecule is N#C/C(=C/c1ccc(Sc2nc3ccccc3s2)o1)C(=O)NCc1ccco1. The summed E-state index contributed by atoms with van der Waals surface area (Å²) in [5.41, 5.74) is 0.902. The summed E-state index contributed by atoms with van der Waals surface area (Å²) in [6, 6.07) is 16.8. The van der Waals surface area contributed by atoms with Crippen molar-refractivity contribution < 1.29 is 13.6 Å². The molecule has 3 heterocycles. The van der Waals surface area contributed by atoms with Crippen LogP contribution in [0.5, 0.6) is 0 Å². The highest BCUT2D eigenvalue weighted by molar-refractivity contribution is 8.01. The second-order valence-electron chi connectivity index (χ2n) is 5.64. The maximum atomic E-state index is 12.2. The van der Waals surface area contributed by atoms with Gasteiger partial charge in [0.1, 0.15) is 23.2 Å². The Bertz CT molecular complexity index is 1150. The number of hydrogen-bond acceptors (Lipinski definition) is 7. The quantitative estimate of drug-likeness (QED) is 0.363. The van der Waals surface area contributed by atoms with Crippen LogP contribution in [0.15, 0.2) is 78.6 Å². The molecule has 6 nitrogen and oxygen atoms in total. The van der Waals surface area contributed by atoms with Gasteiger partial charge in [0, 0.05) is 6.08 Å². The highest BCUT2D eigenvalue weighted by Crippen LogP contribution is 2.35. The minimum atomic E-state index is -0.490. The molecule has 0 bridgehead atoms. The Balaban J connectivity index is 1.44. The van der Waals surface area contributed by atoms with Gasteiger partial charge in [-0.05, 0) is 48.2 Å². The number of aromatic nitrogens is 1. The Morgan fingerprint density at radius 2 is 2.14 bits per heavy atom. The van der Waals surface area contributed by atoms with E-state index < -0.39 is 5.91 Å². The number of nitrogens with zero attached hydrogens (tertiary/aromatic N) is 2. The van der Waals surface area contributed by atoms with Gasteiger partial charge in [0.25, 0.3) is 5.91 Å². The number of fused-ring (bicyclic) bond motifs is 1. The van der Waals surface area contributed by atoms with Gasteiger partial charge in [0.2, 0.25) is 0 Å². The Kier molecular flexibility index (Phi) is 5.28. The zero-order chi connectivity index (χ0) is 19.3. The van der Waals surface area contributed by atoms with Crippen molar-refractivity contribution in [3.05, 3.63) is 71.9 Å². The summed E-state index contributed by atoms with van der Waals surface area (Å²) in [6.45, 7) is 0.210. The fourth-order valence-electron chi connectivity index (χ4n) is 2.41. The number of carbonyl (C=O) groups excluding carboxylic acids is 1. The monoisotopic (exact) mass is 407 g/mol. The third-order valence-electron chi connectivity index (χ3n) is 3.72. The first-order chi connectivity index (χ1) is 13.7. The van der Waals surface area contributed by atoms with Crippen LogP contribution in [-0.4, -0.2) is 10.9 Å². The average Bonchev–Trinajstić information content (AvgIpc) is 3.45. The standard InChI is InChI=1S/C20H13N3O3S2/c21-11-13(19(24)22-12-15-4-3-9-25-15)10-14-7-8-18(26-14)28-20-23-16-5-1-2-6-17(16)27-20/h1-10H,12H2,(H,22,24)/b13-10-. The molecule has 0 radical (unpaired) electrons. The predicted molar refractivity (Wildman–Crippen MR) is 107 cm³/mol. The van der Waals surface area contributed by atoms with E-state index in [1.807, 2.05) is 30.3 Å². The van der Waals surface area contributed by atoms with Gasteiger partial charge in [-0.3, -0.25) is 4.79 Å². The third-order valence-corrected chi connectivity index (χ3v) is 5.74. The van der Waals surface area contributed by atoms with Crippen molar-refractivity contribution in [3.63, 3.8) is 0 Å². The van der Waals surface area contributed by atoms with Gasteiger partial charge in [-0.1, -0.05) is 12.1 Å². The molecule has 1 amide bonds. The molecule has 0 saturated heterocycles. The highest BCUT2D eigenvalue weighted by Gasteiger charge is 2.12. The number of amides is 1. The van der Waals surface area contributed by atoms with Crippen LogP contribution in [-0.2, 0) is 11.3 Å². The van der Waals surface area contributed by atoms with Crippen molar-refractivity contribution in [3.8, 4) is 6.07 Å². The lowest BCUT2D eigenvalue weighted by molar-refractivity contribution is -0.117. The van der Waals surface area contributed by atoms with Crippen LogP contribution in [0.4, 0.5) is 0 Å². The number of carbonyl (C=O) groups is 1. The third kappa shape index (κ3) is 4.17. The zero-order valence-corrected chi connectivity index (χ0v) is 16.0. The number of nitrogens with one attached hydrogen (secondary N) is 1. The zero-order valence-electron chi connectivity index (χ0n) is 14.4. The van der Waals surface area contributed by atoms with Crippen molar-refractivity contribution in [2.45, 2.75) is 16.0 Å². The Labute approximate surface area is 168 Å². The number of benzene rings is 1. The van der Waals surface area contributed by atoms with Crippen molar-refractivity contribution in [1.29, 1.82) is 5.26 Å². The Morgan fingerprint density at radius 3 is 2.93 bits per heavy atom. The highest BCUT2D eigenvalue weighted by atomic mass is 32.2. The maximum Gasteiger partial charge on any atom is 0.262 e. The average molecular weight is 407 g/mol. The molecule has 8 heteroatoms. The summed E-state index contributed by atoms with van der Waals surface area (Å²) in [5, 5.41) is 12.6. The number of rotatable bonds is 6. The topological polar surface area (TPSA) is 92.1 Å². The van der Waals surface area contributed by atoms with Gasteiger partial charge in [-0.2, -0.15) is 5.26 Å². The number of hydrogen-bond donors (Lipinski definition) is 1. The maximum absolute atomic E-state index is 12.2. The fourth-order valence-corrected chi connectivity index (χ4v) is 4.38. The van der Waals surface area contributed by atoms with E-state index in [0.717, 1.165) is 14.6 Å². The summed E-state index contributed by atoms with van der Waals surface area (Å²) in [6.07, 6.45) is 2.94. The largest absolute Gasteiger partial charge is 0.467 e. The Morgan fingerprint density at radius 1 is 1.25 bits per heavy atom. The summed E-state index contributed by atoms with van der Waals surface area (Å²) in [5.74, 6) is 0.544. The molecule has 4 aromatic rings. The van der Waals surface area contributed by atoms with E-state index in [-0.39, 0.29) is 12.1 Å². The lowest BCUT2D eigenvalue weighted by Crippen LogP contribution is -2.23. The van der Waals surface area contributed by atoms with E-state index in [0.29, 0.717) is 16.6 Å². The molecule has 138 valence electrons. The molecule has 0 aliphatic carbocycles. The number of nitriles is 1. The van der Waals surface area contributed by atoms with Gasteiger partial charge >= 0.3 is 0 Å². The van der Waals surface area contributed by atoms with Crippen LogP contribution in [0.1, 0.15) is 11.5 Å². The van der Waals surface area contributed by atoms with Crippen molar-refractivity contribution in [1.82, 2.24) is 10.3 Å². The van der Waals surface area contributed by atoms with Gasteiger partial charge in [-0.25, -0.2) is 4.98 Å². The second kappa shape index (κ2) is 8.17. The lowest BCUT2D eigenvalue weighted by Gasteiger charge is -2.01. The molecule has 0 atom stereocenters. The van der Waals surface area contributed by atoms with Crippen LogP contribution in [0.25, 0.3) is 16.3 Å². The first-order valence-electron chi connectivity index (χ1n) is 8.27. The molecule has 0 fully saturated rings. The molecule has 1 N–H and O–H groups in total. The summed E-state index contributed by atoms with van der Waals surface area (Å²) in [4.78, 5) is 16.7. The van der Waals surface area contributed by atoms with Crippen LogP contribution >= 0.6 is 23.1 Å². The summed E-state index contributed by atoms with van der Waals surface area (Å²) >= 11 is 2.98. The first-order valence-corrected chi connectivity index (χ1v) is 9.90. The van der Waals surface area contributed by atoms with Crippen LogP contribution in [0, 0.1) is 11.3 Å². The lowest BCUT2D eigenvalue weighted by atomic mass is 10.2. The molecule has 0 aliphatic rings. The van der Waals surface area contributed by atoms with E-state index in [2.05, 4.69) is 10.3 Å². The van der Waals surface area contributed by atoms with Crippen LogP contribution < -0.4 is 5.32 Å². The normalized spacial score (nSPS) is 11.5. The molecule has 28 heavy (non-hydrogen) atoms. The van der Waals surface area contributed by atoms with Gasteiger partial charge in [-0.15, -0.1) is 11.3 Å². The minimum absolute atomic E-state index is 0.0440. The van der Waals surface area contributed by atoms with Crippen molar-refractivity contribution in [2.24, 2.45) is 0 Å². The fraction of sp³-hybridized carbons (Fsp3) is 0.0500. The van der Waals surface area contributed by atoms with E-state index in [1.165, 1.54) is 24.1 Å².